The predicted octanol–water partition coefficient (Wildman–Crippen LogP) is 2.94. The fourth-order valence-corrected chi connectivity index (χ4v) is 3.50. The zero-order valence-corrected chi connectivity index (χ0v) is 15.0. The van der Waals surface area contributed by atoms with E-state index < -0.39 is 0 Å². The molecule has 1 aromatic rings. The number of nitrogens with zero attached hydrogens (tertiary/aromatic N) is 1. The number of likely N-dealkylation sites (tertiary alicyclic amines) is 1. The summed E-state index contributed by atoms with van der Waals surface area (Å²) in [5.74, 6) is 0.236. The molecule has 1 aliphatic carbocycles. The Kier molecular flexibility index (Phi) is 5.40. The van der Waals surface area contributed by atoms with Crippen LogP contribution < -0.4 is 5.32 Å². The fourth-order valence-electron chi connectivity index (χ4n) is 3.50. The first-order chi connectivity index (χ1) is 12.0. The van der Waals surface area contributed by atoms with E-state index in [2.05, 4.69) is 19.2 Å². The van der Waals surface area contributed by atoms with Gasteiger partial charge in [-0.15, -0.1) is 0 Å². The molecule has 2 fully saturated rings. The molecule has 0 aromatic heterocycles. The van der Waals surface area contributed by atoms with Gasteiger partial charge in [0.05, 0.1) is 5.92 Å². The summed E-state index contributed by atoms with van der Waals surface area (Å²) in [6.07, 6.45) is 2.86. The van der Waals surface area contributed by atoms with Crippen molar-refractivity contribution in [2.24, 2.45) is 17.8 Å². The summed E-state index contributed by atoms with van der Waals surface area (Å²) in [5, 5.41) is 3.02. The number of halogens is 1. The van der Waals surface area contributed by atoms with Crippen LogP contribution in [0.2, 0.25) is 0 Å². The van der Waals surface area contributed by atoms with Crippen LogP contribution in [0.4, 0.5) is 4.39 Å². The van der Waals surface area contributed by atoms with Crippen molar-refractivity contribution in [2.75, 3.05) is 19.6 Å². The molecule has 1 saturated heterocycles. The largest absolute Gasteiger partial charge is 0.356 e. The lowest BCUT2D eigenvalue weighted by Gasteiger charge is -2.18. The third-order valence-electron chi connectivity index (χ3n) is 5.21. The number of nitrogens with one attached hydrogen (secondary N) is 1. The van der Waals surface area contributed by atoms with E-state index in [1.165, 1.54) is 12.1 Å². The van der Waals surface area contributed by atoms with Gasteiger partial charge in [-0.25, -0.2) is 4.39 Å². The second-order valence-corrected chi connectivity index (χ2v) is 7.76. The van der Waals surface area contributed by atoms with Crippen molar-refractivity contribution in [3.8, 4) is 0 Å². The Labute approximate surface area is 148 Å². The van der Waals surface area contributed by atoms with E-state index in [1.54, 1.807) is 12.1 Å². The number of rotatable bonds is 6. The highest BCUT2D eigenvalue weighted by Crippen LogP contribution is 2.37. The lowest BCUT2D eigenvalue weighted by atomic mass is 9.88. The predicted molar refractivity (Wildman–Crippen MR) is 94.4 cm³/mol. The van der Waals surface area contributed by atoms with Gasteiger partial charge in [0.15, 0.2) is 0 Å². The maximum Gasteiger partial charge on any atom is 0.225 e. The normalized spacial score (nSPS) is 23.1. The molecule has 5 heteroatoms. The Morgan fingerprint density at radius 2 is 1.88 bits per heavy atom. The molecule has 25 heavy (non-hydrogen) atoms. The van der Waals surface area contributed by atoms with E-state index in [-0.39, 0.29) is 35.4 Å². The molecule has 1 aromatic carbocycles. The average molecular weight is 346 g/mol. The molecule has 1 saturated carbocycles. The second-order valence-electron chi connectivity index (χ2n) is 7.76. The summed E-state index contributed by atoms with van der Waals surface area (Å²) in [5.41, 5.74) is 0.927. The first kappa shape index (κ1) is 17.9. The molecule has 2 aliphatic rings. The highest BCUT2D eigenvalue weighted by molar-refractivity contribution is 5.85. The van der Waals surface area contributed by atoms with E-state index in [0.717, 1.165) is 24.8 Å². The molecule has 1 aliphatic heterocycles. The van der Waals surface area contributed by atoms with Gasteiger partial charge in [-0.1, -0.05) is 26.0 Å². The van der Waals surface area contributed by atoms with Crippen molar-refractivity contribution in [1.82, 2.24) is 10.2 Å². The van der Waals surface area contributed by atoms with Crippen LogP contribution in [0.25, 0.3) is 0 Å². The lowest BCUT2D eigenvalue weighted by molar-refractivity contribution is -0.132. The minimum atomic E-state index is -0.286. The molecule has 1 heterocycles. The molecule has 2 amide bonds. The first-order valence-corrected chi connectivity index (χ1v) is 9.27. The van der Waals surface area contributed by atoms with Gasteiger partial charge >= 0.3 is 0 Å². The molecule has 4 nitrogen and oxygen atoms in total. The van der Waals surface area contributed by atoms with Gasteiger partial charge in [0, 0.05) is 31.5 Å². The van der Waals surface area contributed by atoms with Gasteiger partial charge in [0.25, 0.3) is 0 Å². The number of amides is 2. The molecule has 0 unspecified atom stereocenters. The van der Waals surface area contributed by atoms with E-state index in [0.29, 0.717) is 25.6 Å². The third-order valence-corrected chi connectivity index (χ3v) is 5.21. The van der Waals surface area contributed by atoms with Crippen molar-refractivity contribution in [3.63, 3.8) is 0 Å². The van der Waals surface area contributed by atoms with Crippen LogP contribution in [-0.2, 0) is 9.59 Å². The number of carbonyl (C=O) groups is 2. The summed E-state index contributed by atoms with van der Waals surface area (Å²) >= 11 is 0. The van der Waals surface area contributed by atoms with Crippen LogP contribution in [0.1, 0.15) is 44.6 Å². The summed E-state index contributed by atoms with van der Waals surface area (Å²) in [6.45, 7) is 5.91. The number of benzene rings is 1. The first-order valence-electron chi connectivity index (χ1n) is 9.27. The Bertz CT molecular complexity index is 625. The van der Waals surface area contributed by atoms with E-state index in [1.807, 2.05) is 4.90 Å². The van der Waals surface area contributed by atoms with Crippen LogP contribution in [0.3, 0.4) is 0 Å². The molecule has 1 N–H and O–H groups in total. The molecular formula is C20H27FN2O2. The third kappa shape index (κ3) is 4.39. The van der Waals surface area contributed by atoms with Crippen LogP contribution in [0, 0.1) is 23.6 Å². The Hall–Kier alpha value is -1.91. The summed E-state index contributed by atoms with van der Waals surface area (Å²) in [4.78, 5) is 27.0. The summed E-state index contributed by atoms with van der Waals surface area (Å²) in [7, 11) is 0. The fraction of sp³-hybridized carbons (Fsp3) is 0.600. The zero-order chi connectivity index (χ0) is 18.0. The topological polar surface area (TPSA) is 49.4 Å². The van der Waals surface area contributed by atoms with Crippen molar-refractivity contribution in [3.05, 3.63) is 35.6 Å². The highest BCUT2D eigenvalue weighted by Gasteiger charge is 2.43. The smallest absolute Gasteiger partial charge is 0.225 e. The van der Waals surface area contributed by atoms with E-state index in [9.17, 15) is 14.0 Å². The molecule has 2 atom stereocenters. The van der Waals surface area contributed by atoms with Crippen molar-refractivity contribution in [1.29, 1.82) is 0 Å². The number of hydrogen-bond acceptors (Lipinski definition) is 2. The summed E-state index contributed by atoms with van der Waals surface area (Å²) in [6, 6.07) is 6.32. The molecular weight excluding hydrogens is 319 g/mol. The minimum Gasteiger partial charge on any atom is -0.356 e. The van der Waals surface area contributed by atoms with Crippen molar-refractivity contribution >= 4 is 11.8 Å². The molecule has 136 valence electrons. The van der Waals surface area contributed by atoms with Gasteiger partial charge in [-0.05, 0) is 42.9 Å². The lowest BCUT2D eigenvalue weighted by Crippen LogP contribution is -2.36. The maximum atomic E-state index is 13.2. The van der Waals surface area contributed by atoms with Gasteiger partial charge in [0.2, 0.25) is 11.8 Å². The summed E-state index contributed by atoms with van der Waals surface area (Å²) < 4.78 is 13.2. The van der Waals surface area contributed by atoms with Gasteiger partial charge in [0.1, 0.15) is 5.82 Å². The Morgan fingerprint density at radius 3 is 2.48 bits per heavy atom. The molecule has 0 bridgehead atoms. The van der Waals surface area contributed by atoms with Crippen LogP contribution in [-0.4, -0.2) is 36.3 Å². The standard InChI is InChI=1S/C20H27FN2O2/c1-13(2)9-10-22-19(24)18-12-23(20(25)15-3-4-15)11-17(18)14-5-7-16(21)8-6-14/h5-8,13,15,17-18H,3-4,9-12H2,1-2H3,(H,22,24)/t17-,18-/m1/s1. The SMILES string of the molecule is CC(C)CCNC(=O)[C@@H]1CN(C(=O)C2CC2)C[C@@H]1c1ccc(F)cc1. The van der Waals surface area contributed by atoms with Gasteiger partial charge in [-0.2, -0.15) is 0 Å². The van der Waals surface area contributed by atoms with Gasteiger partial charge in [-0.3, -0.25) is 9.59 Å². The van der Waals surface area contributed by atoms with Crippen LogP contribution in [0.5, 0.6) is 0 Å². The number of carbonyl (C=O) groups excluding carboxylic acids is 2. The Balaban J connectivity index is 1.72. The monoisotopic (exact) mass is 346 g/mol. The minimum absolute atomic E-state index is 0.000993. The quantitative estimate of drug-likeness (QED) is 0.861. The van der Waals surface area contributed by atoms with Crippen LogP contribution >= 0.6 is 0 Å². The maximum absolute atomic E-state index is 13.2. The average Bonchev–Trinajstić information content (AvgIpc) is 3.33. The number of hydrogen-bond donors (Lipinski definition) is 1. The highest BCUT2D eigenvalue weighted by atomic mass is 19.1. The second kappa shape index (κ2) is 7.54. The van der Waals surface area contributed by atoms with Crippen molar-refractivity contribution < 1.29 is 14.0 Å². The van der Waals surface area contributed by atoms with E-state index in [4.69, 9.17) is 0 Å². The molecule has 3 rings (SSSR count). The van der Waals surface area contributed by atoms with Crippen LogP contribution in [0.15, 0.2) is 24.3 Å². The van der Waals surface area contributed by atoms with Gasteiger partial charge < -0.3 is 10.2 Å². The molecule has 0 radical (unpaired) electrons. The van der Waals surface area contributed by atoms with Crippen molar-refractivity contribution in [2.45, 2.75) is 39.0 Å². The Morgan fingerprint density at radius 1 is 1.20 bits per heavy atom. The van der Waals surface area contributed by atoms with E-state index >= 15 is 0 Å². The zero-order valence-electron chi connectivity index (χ0n) is 15.0. The molecule has 0 spiro atoms.